The van der Waals surface area contributed by atoms with E-state index in [9.17, 15) is 0 Å². The molecule has 2 rings (SSSR count). The van der Waals surface area contributed by atoms with Crippen LogP contribution in [0.1, 0.15) is 31.2 Å². The van der Waals surface area contributed by atoms with Gasteiger partial charge in [0.15, 0.2) is 0 Å². The van der Waals surface area contributed by atoms with Crippen LogP contribution in [0.5, 0.6) is 0 Å². The summed E-state index contributed by atoms with van der Waals surface area (Å²) in [5.74, 6) is 0.738. The third-order valence-corrected chi connectivity index (χ3v) is 3.93. The Kier molecular flexibility index (Phi) is 4.06. The molecule has 0 aromatic heterocycles. The molecule has 1 fully saturated rings. The van der Waals surface area contributed by atoms with E-state index >= 15 is 0 Å². The lowest BCUT2D eigenvalue weighted by molar-refractivity contribution is 0.433. The topological polar surface area (TPSA) is 29.3 Å². The summed E-state index contributed by atoms with van der Waals surface area (Å²) >= 11 is 0. The lowest BCUT2D eigenvalue weighted by atomic mass is 9.98. The van der Waals surface area contributed by atoms with E-state index in [1.54, 1.807) is 0 Å². The molecule has 0 saturated heterocycles. The predicted molar refractivity (Wildman–Crippen MR) is 74.4 cm³/mol. The normalized spacial score (nSPS) is 18.3. The number of hydrogen-bond donors (Lipinski definition) is 1. The van der Waals surface area contributed by atoms with Crippen molar-refractivity contribution in [2.45, 2.75) is 38.6 Å². The molecule has 0 bridgehead atoms. The van der Waals surface area contributed by atoms with Gasteiger partial charge < -0.3 is 10.6 Å². The van der Waals surface area contributed by atoms with E-state index in [1.165, 1.54) is 36.9 Å². The third kappa shape index (κ3) is 3.22. The Hall–Kier alpha value is -1.02. The molecular weight excluding hydrogens is 208 g/mol. The molecule has 1 unspecified atom stereocenters. The SMILES string of the molecule is Cc1cccc(N(C)CC(N)C2CCCC2)c1. The standard InChI is InChI=1S/C15H24N2/c1-12-6-5-9-14(10-12)17(2)11-15(16)13-7-3-4-8-13/h5-6,9-10,13,15H,3-4,7-8,11,16H2,1-2H3. The van der Waals surface area contributed by atoms with Crippen LogP contribution in [0.2, 0.25) is 0 Å². The monoisotopic (exact) mass is 232 g/mol. The van der Waals surface area contributed by atoms with Crippen molar-refractivity contribution in [3.63, 3.8) is 0 Å². The zero-order valence-corrected chi connectivity index (χ0v) is 11.0. The molecule has 1 aromatic carbocycles. The minimum atomic E-state index is 0.322. The number of nitrogens with two attached hydrogens (primary N) is 1. The van der Waals surface area contributed by atoms with Gasteiger partial charge in [0.25, 0.3) is 0 Å². The highest BCUT2D eigenvalue weighted by Gasteiger charge is 2.22. The van der Waals surface area contributed by atoms with Crippen molar-refractivity contribution in [1.29, 1.82) is 0 Å². The van der Waals surface area contributed by atoms with Gasteiger partial charge in [-0.15, -0.1) is 0 Å². The first-order valence-electron chi connectivity index (χ1n) is 6.70. The maximum Gasteiger partial charge on any atom is 0.0366 e. The summed E-state index contributed by atoms with van der Waals surface area (Å²) < 4.78 is 0. The van der Waals surface area contributed by atoms with Crippen LogP contribution in [0.4, 0.5) is 5.69 Å². The van der Waals surface area contributed by atoms with Crippen LogP contribution in [0, 0.1) is 12.8 Å². The maximum atomic E-state index is 6.31. The fraction of sp³-hybridized carbons (Fsp3) is 0.600. The van der Waals surface area contributed by atoms with E-state index in [0.717, 1.165) is 12.5 Å². The Morgan fingerprint density at radius 3 is 2.71 bits per heavy atom. The van der Waals surface area contributed by atoms with Gasteiger partial charge in [-0.25, -0.2) is 0 Å². The number of benzene rings is 1. The van der Waals surface area contributed by atoms with Gasteiger partial charge in [-0.2, -0.15) is 0 Å². The highest BCUT2D eigenvalue weighted by molar-refractivity contribution is 5.47. The second-order valence-corrected chi connectivity index (χ2v) is 5.43. The fourth-order valence-corrected chi connectivity index (χ4v) is 2.82. The average molecular weight is 232 g/mol. The molecule has 17 heavy (non-hydrogen) atoms. The molecule has 0 radical (unpaired) electrons. The summed E-state index contributed by atoms with van der Waals surface area (Å²) in [4.78, 5) is 2.29. The lowest BCUT2D eigenvalue weighted by Gasteiger charge is -2.27. The molecule has 1 saturated carbocycles. The Labute approximate surface area is 105 Å². The summed E-state index contributed by atoms with van der Waals surface area (Å²) in [5, 5.41) is 0. The van der Waals surface area contributed by atoms with Crippen molar-refractivity contribution in [1.82, 2.24) is 0 Å². The second-order valence-electron chi connectivity index (χ2n) is 5.43. The molecule has 2 nitrogen and oxygen atoms in total. The molecule has 2 heteroatoms. The smallest absolute Gasteiger partial charge is 0.0366 e. The molecule has 0 amide bonds. The minimum Gasteiger partial charge on any atom is -0.373 e. The Morgan fingerprint density at radius 1 is 1.35 bits per heavy atom. The van der Waals surface area contributed by atoms with Crippen molar-refractivity contribution < 1.29 is 0 Å². The second kappa shape index (κ2) is 5.54. The molecular formula is C15H24N2. The molecule has 0 heterocycles. The summed E-state index contributed by atoms with van der Waals surface area (Å²) in [5.41, 5.74) is 8.90. The number of hydrogen-bond acceptors (Lipinski definition) is 2. The zero-order chi connectivity index (χ0) is 12.3. The first-order chi connectivity index (χ1) is 8.16. The molecule has 0 spiro atoms. The first-order valence-corrected chi connectivity index (χ1v) is 6.70. The van der Waals surface area contributed by atoms with Gasteiger partial charge in [0.1, 0.15) is 0 Å². The maximum absolute atomic E-state index is 6.31. The van der Waals surface area contributed by atoms with Gasteiger partial charge in [-0.3, -0.25) is 0 Å². The van der Waals surface area contributed by atoms with Gasteiger partial charge in [-0.05, 0) is 43.4 Å². The molecule has 1 atom stereocenters. The van der Waals surface area contributed by atoms with Crippen LogP contribution in [-0.2, 0) is 0 Å². The van der Waals surface area contributed by atoms with Crippen LogP contribution in [0.3, 0.4) is 0 Å². The fourth-order valence-electron chi connectivity index (χ4n) is 2.82. The minimum absolute atomic E-state index is 0.322. The molecule has 94 valence electrons. The van der Waals surface area contributed by atoms with Gasteiger partial charge in [0, 0.05) is 25.3 Å². The van der Waals surface area contributed by atoms with Crippen LogP contribution >= 0.6 is 0 Å². The van der Waals surface area contributed by atoms with Gasteiger partial charge in [0.2, 0.25) is 0 Å². The molecule has 0 aliphatic heterocycles. The van der Waals surface area contributed by atoms with Crippen molar-refractivity contribution in [3.05, 3.63) is 29.8 Å². The van der Waals surface area contributed by atoms with Crippen LogP contribution < -0.4 is 10.6 Å². The number of rotatable bonds is 4. The third-order valence-electron chi connectivity index (χ3n) is 3.93. The van der Waals surface area contributed by atoms with Crippen LogP contribution in [0.25, 0.3) is 0 Å². The highest BCUT2D eigenvalue weighted by Crippen LogP contribution is 2.27. The van der Waals surface area contributed by atoms with Crippen LogP contribution in [-0.4, -0.2) is 19.6 Å². The Balaban J connectivity index is 1.93. The Bertz CT molecular complexity index is 356. The summed E-state index contributed by atoms with van der Waals surface area (Å²) in [7, 11) is 2.14. The van der Waals surface area contributed by atoms with E-state index in [0.29, 0.717) is 6.04 Å². The quantitative estimate of drug-likeness (QED) is 0.865. The van der Waals surface area contributed by atoms with Crippen molar-refractivity contribution in [2.75, 3.05) is 18.5 Å². The number of aryl methyl sites for hydroxylation is 1. The molecule has 2 N–H and O–H groups in total. The summed E-state index contributed by atoms with van der Waals surface area (Å²) in [6, 6.07) is 8.95. The van der Waals surface area contributed by atoms with E-state index in [-0.39, 0.29) is 0 Å². The predicted octanol–water partition coefficient (Wildman–Crippen LogP) is 2.95. The number of anilines is 1. The summed E-state index contributed by atoms with van der Waals surface area (Å²) in [6.45, 7) is 3.10. The number of likely N-dealkylation sites (N-methyl/N-ethyl adjacent to an activating group) is 1. The van der Waals surface area contributed by atoms with E-state index < -0.39 is 0 Å². The van der Waals surface area contributed by atoms with E-state index in [2.05, 4.69) is 43.1 Å². The van der Waals surface area contributed by atoms with Gasteiger partial charge in [-0.1, -0.05) is 25.0 Å². The summed E-state index contributed by atoms with van der Waals surface area (Å²) in [6.07, 6.45) is 5.38. The average Bonchev–Trinajstić information content (AvgIpc) is 2.82. The molecule has 1 aliphatic rings. The van der Waals surface area contributed by atoms with E-state index in [4.69, 9.17) is 5.73 Å². The largest absolute Gasteiger partial charge is 0.373 e. The lowest BCUT2D eigenvalue weighted by Crippen LogP contribution is -2.40. The first kappa shape index (κ1) is 12.4. The van der Waals surface area contributed by atoms with Crippen LogP contribution in [0.15, 0.2) is 24.3 Å². The molecule has 1 aromatic rings. The Morgan fingerprint density at radius 2 is 2.06 bits per heavy atom. The molecule has 1 aliphatic carbocycles. The number of nitrogens with zero attached hydrogens (tertiary/aromatic N) is 1. The van der Waals surface area contributed by atoms with Crippen molar-refractivity contribution >= 4 is 5.69 Å². The van der Waals surface area contributed by atoms with Crippen molar-refractivity contribution in [3.8, 4) is 0 Å². The van der Waals surface area contributed by atoms with Gasteiger partial charge in [0.05, 0.1) is 0 Å². The van der Waals surface area contributed by atoms with Crippen molar-refractivity contribution in [2.24, 2.45) is 11.7 Å². The highest BCUT2D eigenvalue weighted by atomic mass is 15.1. The van der Waals surface area contributed by atoms with Gasteiger partial charge >= 0.3 is 0 Å². The van der Waals surface area contributed by atoms with E-state index in [1.807, 2.05) is 0 Å². The zero-order valence-electron chi connectivity index (χ0n) is 11.0.